The number of pyridine rings is 2. The molecule has 0 spiro atoms. The van der Waals surface area contributed by atoms with Crippen LogP contribution in [0.2, 0.25) is 0 Å². The number of aromatic amines is 1. The van der Waals surface area contributed by atoms with Crippen molar-refractivity contribution in [3.05, 3.63) is 29.6 Å². The Kier molecular flexibility index (Phi) is 5.66. The number of alkyl halides is 3. The van der Waals surface area contributed by atoms with Crippen molar-refractivity contribution in [1.29, 1.82) is 0 Å². The lowest BCUT2D eigenvalue weighted by Crippen LogP contribution is -2.37. The van der Waals surface area contributed by atoms with E-state index in [0.717, 1.165) is 56.8 Å². The molecule has 2 aliphatic carbocycles. The molecule has 5 rings (SSSR count). The number of fused-ring (bicyclic) bond motifs is 1. The number of nitrogens with two attached hydrogens (primary N) is 1. The first-order valence-electron chi connectivity index (χ1n) is 11.6. The second-order valence-electron chi connectivity index (χ2n) is 9.77. The lowest BCUT2D eigenvalue weighted by molar-refractivity contribution is -0.138. The van der Waals surface area contributed by atoms with Gasteiger partial charge in [-0.15, -0.1) is 0 Å². The van der Waals surface area contributed by atoms with Crippen LogP contribution in [0.1, 0.15) is 55.7 Å². The van der Waals surface area contributed by atoms with E-state index >= 15 is 0 Å². The normalized spacial score (nSPS) is 18.0. The summed E-state index contributed by atoms with van der Waals surface area (Å²) in [5, 5.41) is 0. The number of hydrogen-bond donors (Lipinski definition) is 2. The molecule has 0 saturated heterocycles. The number of imidazole rings is 1. The summed E-state index contributed by atoms with van der Waals surface area (Å²) >= 11 is 0. The average molecular weight is 475 g/mol. The van der Waals surface area contributed by atoms with E-state index in [-0.39, 0.29) is 23.0 Å². The van der Waals surface area contributed by atoms with E-state index in [1.165, 1.54) is 6.20 Å². The van der Waals surface area contributed by atoms with Crippen molar-refractivity contribution in [2.75, 3.05) is 37.9 Å². The van der Waals surface area contributed by atoms with Gasteiger partial charge in [0, 0.05) is 43.8 Å². The maximum Gasteiger partial charge on any atom is 0.418 e. The molecule has 2 aliphatic rings. The average Bonchev–Trinajstić information content (AvgIpc) is 3.42. The number of rotatable bonds is 7. The highest BCUT2D eigenvalue weighted by atomic mass is 19.4. The molecule has 0 aliphatic heterocycles. The standard InChI is InChI=1S/C24H29F3N6O/c1-33(12-23(13-34-2)7-3-4-8-23)18-10-17(30-21-20(18)31-22(28)32-21)15-9-16(24(25,26)27)19(29-11-15)14-5-6-14/h9-11,14H,3-8,12-13H2,1-2H3,(H3,28,30,31,32). The van der Waals surface area contributed by atoms with Crippen LogP contribution in [0.25, 0.3) is 22.4 Å². The first-order chi connectivity index (χ1) is 16.2. The molecular weight excluding hydrogens is 445 g/mol. The molecule has 7 nitrogen and oxygen atoms in total. The van der Waals surface area contributed by atoms with Crippen LogP contribution in [0.3, 0.4) is 0 Å². The van der Waals surface area contributed by atoms with Crippen LogP contribution >= 0.6 is 0 Å². The Hall–Kier alpha value is -2.88. The maximum atomic E-state index is 13.8. The predicted octanol–water partition coefficient (Wildman–Crippen LogP) is 5.14. The van der Waals surface area contributed by atoms with Gasteiger partial charge in [-0.2, -0.15) is 18.2 Å². The van der Waals surface area contributed by atoms with Crippen molar-refractivity contribution < 1.29 is 17.9 Å². The second-order valence-corrected chi connectivity index (χ2v) is 9.77. The number of aromatic nitrogens is 4. The number of nitrogens with zero attached hydrogens (tertiary/aromatic N) is 4. The number of ether oxygens (including phenoxy) is 1. The number of anilines is 2. The Balaban J connectivity index is 1.57. The largest absolute Gasteiger partial charge is 0.418 e. The minimum absolute atomic E-state index is 0.0295. The molecule has 10 heteroatoms. The number of nitrogen functional groups attached to an aromatic ring is 1. The molecule has 2 saturated carbocycles. The molecule has 0 amide bonds. The van der Waals surface area contributed by atoms with E-state index in [2.05, 4.69) is 24.8 Å². The van der Waals surface area contributed by atoms with Gasteiger partial charge in [-0.05, 0) is 37.8 Å². The zero-order valence-electron chi connectivity index (χ0n) is 19.4. The summed E-state index contributed by atoms with van der Waals surface area (Å²) in [6.07, 6.45) is 2.94. The highest BCUT2D eigenvalue weighted by Crippen LogP contribution is 2.46. The van der Waals surface area contributed by atoms with Crippen LogP contribution in [0, 0.1) is 5.41 Å². The summed E-state index contributed by atoms with van der Waals surface area (Å²) in [4.78, 5) is 18.2. The Morgan fingerprint density at radius 1 is 1.21 bits per heavy atom. The summed E-state index contributed by atoms with van der Waals surface area (Å²) < 4.78 is 47.0. The molecule has 34 heavy (non-hydrogen) atoms. The molecule has 0 radical (unpaired) electrons. The van der Waals surface area contributed by atoms with Gasteiger partial charge >= 0.3 is 6.18 Å². The van der Waals surface area contributed by atoms with Crippen molar-refractivity contribution in [2.24, 2.45) is 5.41 Å². The Morgan fingerprint density at radius 2 is 1.94 bits per heavy atom. The number of hydrogen-bond acceptors (Lipinski definition) is 6. The van der Waals surface area contributed by atoms with Crippen molar-refractivity contribution in [1.82, 2.24) is 19.9 Å². The van der Waals surface area contributed by atoms with E-state index in [9.17, 15) is 13.2 Å². The first kappa shape index (κ1) is 22.9. The first-order valence-corrected chi connectivity index (χ1v) is 11.6. The second kappa shape index (κ2) is 8.41. The third kappa shape index (κ3) is 4.31. The van der Waals surface area contributed by atoms with Crippen LogP contribution in [-0.4, -0.2) is 47.2 Å². The van der Waals surface area contributed by atoms with Gasteiger partial charge in [0.2, 0.25) is 0 Å². The Morgan fingerprint density at radius 3 is 2.59 bits per heavy atom. The van der Waals surface area contributed by atoms with Crippen LogP contribution in [0.4, 0.5) is 24.8 Å². The highest BCUT2D eigenvalue weighted by Gasteiger charge is 2.40. The fourth-order valence-electron chi connectivity index (χ4n) is 5.33. The molecule has 3 heterocycles. The van der Waals surface area contributed by atoms with Gasteiger partial charge in [0.25, 0.3) is 0 Å². The zero-order chi connectivity index (χ0) is 24.1. The third-order valence-electron chi connectivity index (χ3n) is 7.04. The maximum absolute atomic E-state index is 13.8. The van der Waals surface area contributed by atoms with E-state index in [0.29, 0.717) is 29.0 Å². The SMILES string of the molecule is COCC1(CN(C)c2cc(-c3cnc(C4CC4)c(C(F)(F)F)c3)nc3nc(N)[nH]c23)CCCC1. The third-order valence-corrected chi connectivity index (χ3v) is 7.04. The van der Waals surface area contributed by atoms with Crippen LogP contribution in [-0.2, 0) is 10.9 Å². The molecule has 3 N–H and O–H groups in total. The Bertz CT molecular complexity index is 1200. The van der Waals surface area contributed by atoms with Gasteiger partial charge < -0.3 is 20.4 Å². The number of H-pyrrole nitrogens is 1. The summed E-state index contributed by atoms with van der Waals surface area (Å²) in [6.45, 7) is 1.40. The van der Waals surface area contributed by atoms with Gasteiger partial charge in [-0.25, -0.2) is 4.98 Å². The zero-order valence-corrected chi connectivity index (χ0v) is 19.4. The molecular formula is C24H29F3N6O. The molecule has 3 aromatic rings. The van der Waals surface area contributed by atoms with Gasteiger partial charge in [0.1, 0.15) is 5.52 Å². The lowest BCUT2D eigenvalue weighted by Gasteiger charge is -2.34. The quantitative estimate of drug-likeness (QED) is 0.493. The molecule has 0 atom stereocenters. The van der Waals surface area contributed by atoms with Crippen molar-refractivity contribution in [3.8, 4) is 11.3 Å². The van der Waals surface area contributed by atoms with Gasteiger partial charge in [-0.3, -0.25) is 4.98 Å². The number of halogens is 3. The summed E-state index contributed by atoms with van der Waals surface area (Å²) in [5.41, 5.74) is 7.89. The summed E-state index contributed by atoms with van der Waals surface area (Å²) in [6, 6.07) is 2.96. The molecule has 3 aromatic heterocycles. The Labute approximate surface area is 195 Å². The van der Waals surface area contributed by atoms with Gasteiger partial charge in [-0.1, -0.05) is 12.8 Å². The predicted molar refractivity (Wildman–Crippen MR) is 125 cm³/mol. The molecule has 182 valence electrons. The van der Waals surface area contributed by atoms with E-state index in [1.807, 2.05) is 7.05 Å². The molecule has 2 fully saturated rings. The van der Waals surface area contributed by atoms with Crippen molar-refractivity contribution in [3.63, 3.8) is 0 Å². The molecule has 0 bridgehead atoms. The van der Waals surface area contributed by atoms with Crippen molar-refractivity contribution in [2.45, 2.75) is 50.6 Å². The summed E-state index contributed by atoms with van der Waals surface area (Å²) in [7, 11) is 3.69. The van der Waals surface area contributed by atoms with Crippen LogP contribution in [0.5, 0.6) is 0 Å². The number of nitrogens with one attached hydrogen (secondary N) is 1. The van der Waals surface area contributed by atoms with E-state index in [4.69, 9.17) is 10.5 Å². The smallest absolute Gasteiger partial charge is 0.384 e. The monoisotopic (exact) mass is 474 g/mol. The summed E-state index contributed by atoms with van der Waals surface area (Å²) in [5.74, 6) is 0.0947. The van der Waals surface area contributed by atoms with Gasteiger partial charge in [0.15, 0.2) is 11.6 Å². The fourth-order valence-corrected chi connectivity index (χ4v) is 5.33. The fraction of sp³-hybridized carbons (Fsp3) is 0.542. The van der Waals surface area contributed by atoms with Gasteiger partial charge in [0.05, 0.1) is 29.2 Å². The van der Waals surface area contributed by atoms with E-state index in [1.54, 1.807) is 13.2 Å². The lowest BCUT2D eigenvalue weighted by atomic mass is 9.86. The van der Waals surface area contributed by atoms with E-state index < -0.39 is 11.7 Å². The minimum Gasteiger partial charge on any atom is -0.384 e. The molecule has 0 aromatic carbocycles. The minimum atomic E-state index is -4.48. The van der Waals surface area contributed by atoms with Crippen LogP contribution < -0.4 is 10.6 Å². The topological polar surface area (TPSA) is 92.9 Å². The number of methoxy groups -OCH3 is 1. The van der Waals surface area contributed by atoms with Crippen LogP contribution in [0.15, 0.2) is 18.3 Å². The van der Waals surface area contributed by atoms with Crippen molar-refractivity contribution >= 4 is 22.8 Å². The highest BCUT2D eigenvalue weighted by molar-refractivity contribution is 5.90. The molecule has 0 unspecified atom stereocenters.